The molecule has 1 amide bonds. The minimum atomic E-state index is -0.990. The van der Waals surface area contributed by atoms with Crippen molar-refractivity contribution < 1.29 is 18.7 Å². The van der Waals surface area contributed by atoms with Gasteiger partial charge in [0.15, 0.2) is 0 Å². The van der Waals surface area contributed by atoms with Gasteiger partial charge in [-0.25, -0.2) is 13.5 Å². The third-order valence-corrected chi connectivity index (χ3v) is 7.28. The first-order valence-electron chi connectivity index (χ1n) is 12.5. The van der Waals surface area contributed by atoms with E-state index >= 15 is 0 Å². The lowest BCUT2D eigenvalue weighted by molar-refractivity contribution is -0.130. The first kappa shape index (κ1) is 25.6. The number of aliphatic hydroxyl groups excluding tert-OH is 1. The maximum atomic E-state index is 13.7. The van der Waals surface area contributed by atoms with E-state index in [0.717, 1.165) is 30.2 Å². The van der Waals surface area contributed by atoms with Crippen LogP contribution in [0.25, 0.3) is 0 Å². The predicted octanol–water partition coefficient (Wildman–Crippen LogP) is 3.08. The zero-order valence-electron chi connectivity index (χ0n) is 20.3. The number of fused-ring (bicyclic) bond motifs is 1. The molecule has 1 atom stereocenters. The number of amides is 1. The number of nitrogens with one attached hydrogen (secondary N) is 1. The van der Waals surface area contributed by atoms with Crippen LogP contribution >= 0.6 is 11.6 Å². The summed E-state index contributed by atoms with van der Waals surface area (Å²) in [5, 5.41) is 13.5. The zero-order valence-corrected chi connectivity index (χ0v) is 21.1. The second-order valence-corrected chi connectivity index (χ2v) is 10.3. The minimum Gasteiger partial charge on any atom is -0.383 e. The number of benzene rings is 2. The highest BCUT2D eigenvalue weighted by Crippen LogP contribution is 2.32. The molecular formula is C27H29ClF2N4O3. The van der Waals surface area contributed by atoms with Gasteiger partial charge in [0.25, 0.3) is 5.56 Å². The first-order chi connectivity index (χ1) is 17.8. The molecule has 1 saturated carbocycles. The number of nitrogens with zero attached hydrogens (tertiary/aromatic N) is 3. The summed E-state index contributed by atoms with van der Waals surface area (Å²) in [5.74, 6) is -1.60. The molecule has 37 heavy (non-hydrogen) atoms. The topological polar surface area (TPSA) is 79.5 Å². The van der Waals surface area contributed by atoms with Crippen molar-refractivity contribution in [3.63, 3.8) is 0 Å². The Kier molecular flexibility index (Phi) is 7.46. The zero-order chi connectivity index (χ0) is 26.1. The van der Waals surface area contributed by atoms with E-state index in [4.69, 9.17) is 11.6 Å². The van der Waals surface area contributed by atoms with E-state index in [1.807, 2.05) is 21.7 Å². The Labute approximate surface area is 218 Å². The van der Waals surface area contributed by atoms with Crippen molar-refractivity contribution >= 4 is 17.5 Å². The molecule has 2 aliphatic rings. The summed E-state index contributed by atoms with van der Waals surface area (Å²) in [6, 6.07) is 10.7. The van der Waals surface area contributed by atoms with Gasteiger partial charge >= 0.3 is 0 Å². The van der Waals surface area contributed by atoms with E-state index in [1.165, 1.54) is 12.1 Å². The van der Waals surface area contributed by atoms with Crippen LogP contribution < -0.4 is 10.9 Å². The molecule has 2 N–H and O–H groups in total. The fraction of sp³-hybridized carbons (Fsp3) is 0.407. The second kappa shape index (κ2) is 10.8. The molecular weight excluding hydrogens is 502 g/mol. The van der Waals surface area contributed by atoms with Crippen molar-refractivity contribution in [3.8, 4) is 0 Å². The summed E-state index contributed by atoms with van der Waals surface area (Å²) >= 11 is 6.03. The van der Waals surface area contributed by atoms with Crippen LogP contribution in [0.15, 0.2) is 47.3 Å². The predicted molar refractivity (Wildman–Crippen MR) is 135 cm³/mol. The molecule has 1 fully saturated rings. The Bertz CT molecular complexity index is 1330. The van der Waals surface area contributed by atoms with Gasteiger partial charge in [-0.15, -0.1) is 0 Å². The van der Waals surface area contributed by atoms with Crippen molar-refractivity contribution in [1.29, 1.82) is 0 Å². The van der Waals surface area contributed by atoms with E-state index in [2.05, 4.69) is 5.32 Å². The normalized spacial score (nSPS) is 16.4. The number of hydrogen-bond acceptors (Lipinski definition) is 4. The highest BCUT2D eigenvalue weighted by Gasteiger charge is 2.34. The van der Waals surface area contributed by atoms with Gasteiger partial charge in [-0.2, -0.15) is 0 Å². The summed E-state index contributed by atoms with van der Waals surface area (Å²) in [6.07, 6.45) is 1.31. The second-order valence-electron chi connectivity index (χ2n) is 9.85. The maximum Gasteiger partial charge on any atom is 0.271 e. The van der Waals surface area contributed by atoms with Crippen molar-refractivity contribution in [2.75, 3.05) is 13.1 Å². The number of hydrogen-bond donors (Lipinski definition) is 2. The Balaban J connectivity index is 1.37. The fourth-order valence-electron chi connectivity index (χ4n) is 4.98. The third kappa shape index (κ3) is 5.95. The number of halogens is 3. The van der Waals surface area contributed by atoms with Crippen LogP contribution in [0.4, 0.5) is 8.78 Å². The first-order valence-corrected chi connectivity index (χ1v) is 12.8. The van der Waals surface area contributed by atoms with Crippen LogP contribution in [-0.2, 0) is 37.4 Å². The van der Waals surface area contributed by atoms with Crippen LogP contribution in [0, 0.1) is 17.6 Å². The molecule has 0 radical (unpaired) electrons. The van der Waals surface area contributed by atoms with Crippen LogP contribution in [0.5, 0.6) is 0 Å². The van der Waals surface area contributed by atoms with Crippen molar-refractivity contribution in [2.45, 2.75) is 51.5 Å². The van der Waals surface area contributed by atoms with Gasteiger partial charge in [0.1, 0.15) is 17.7 Å². The van der Waals surface area contributed by atoms with Crippen LogP contribution in [0.3, 0.4) is 0 Å². The molecule has 0 saturated heterocycles. The van der Waals surface area contributed by atoms with Gasteiger partial charge in [0, 0.05) is 49.4 Å². The lowest BCUT2D eigenvalue weighted by atomic mass is 10.1. The molecule has 5 rings (SSSR count). The summed E-state index contributed by atoms with van der Waals surface area (Å²) in [6.45, 7) is 2.27. The lowest BCUT2D eigenvalue weighted by Crippen LogP contribution is -2.38. The highest BCUT2D eigenvalue weighted by atomic mass is 35.5. The van der Waals surface area contributed by atoms with Gasteiger partial charge in [0.2, 0.25) is 5.91 Å². The summed E-state index contributed by atoms with van der Waals surface area (Å²) in [7, 11) is 0. The molecule has 0 unspecified atom stereocenters. The number of aromatic nitrogens is 2. The highest BCUT2D eigenvalue weighted by molar-refractivity contribution is 6.30. The molecule has 0 spiro atoms. The molecule has 0 bridgehead atoms. The monoisotopic (exact) mass is 530 g/mol. The van der Waals surface area contributed by atoms with Crippen LogP contribution in [0.2, 0.25) is 5.02 Å². The fourth-order valence-corrected chi connectivity index (χ4v) is 5.11. The van der Waals surface area contributed by atoms with E-state index in [9.17, 15) is 23.5 Å². The Hall–Kier alpha value is -3.01. The number of aliphatic hydroxyl groups is 1. The van der Waals surface area contributed by atoms with Crippen molar-refractivity contribution in [1.82, 2.24) is 19.6 Å². The molecule has 3 aromatic rings. The van der Waals surface area contributed by atoms with E-state index in [0.29, 0.717) is 55.3 Å². The van der Waals surface area contributed by atoms with Crippen molar-refractivity contribution in [3.05, 3.63) is 91.9 Å². The van der Waals surface area contributed by atoms with E-state index in [-0.39, 0.29) is 23.9 Å². The van der Waals surface area contributed by atoms with Gasteiger partial charge in [-0.3, -0.25) is 19.2 Å². The summed E-state index contributed by atoms with van der Waals surface area (Å²) < 4.78 is 30.9. The standard InChI is InChI=1S/C27H29ClF2N4O3/c28-20-5-1-17(2-6-20)15-34-27(37)23-16-32(14-18-11-21(29)13-22(30)12-18)9-7-24(23)33(34)10-8-31-26(36)25(35)19-3-4-19/h1-2,5-6,11-13,19,25,35H,3-4,7-10,14-16H2,(H,31,36)/t25-/m1/s1. The number of carbonyl (C=O) groups excluding carboxylic acids is 1. The molecule has 10 heteroatoms. The number of carbonyl (C=O) groups is 1. The molecule has 7 nitrogen and oxygen atoms in total. The van der Waals surface area contributed by atoms with Gasteiger partial charge < -0.3 is 10.4 Å². The Morgan fingerprint density at radius 3 is 2.43 bits per heavy atom. The molecule has 1 aliphatic carbocycles. The largest absolute Gasteiger partial charge is 0.383 e. The molecule has 2 heterocycles. The average molecular weight is 531 g/mol. The van der Waals surface area contributed by atoms with Gasteiger partial charge in [0.05, 0.1) is 18.7 Å². The molecule has 1 aromatic heterocycles. The van der Waals surface area contributed by atoms with Crippen molar-refractivity contribution in [2.24, 2.45) is 5.92 Å². The molecule has 2 aromatic carbocycles. The SMILES string of the molecule is O=C(NCCn1c2c(c(=O)n1Cc1ccc(Cl)cc1)CN(Cc1cc(F)cc(F)c1)CC2)[C@H](O)C1CC1. The van der Waals surface area contributed by atoms with E-state index in [1.54, 1.807) is 16.8 Å². The van der Waals surface area contributed by atoms with Crippen LogP contribution in [-0.4, -0.2) is 44.5 Å². The third-order valence-electron chi connectivity index (χ3n) is 7.02. The smallest absolute Gasteiger partial charge is 0.271 e. The Morgan fingerprint density at radius 2 is 1.76 bits per heavy atom. The number of rotatable bonds is 9. The molecule has 1 aliphatic heterocycles. The maximum absolute atomic E-state index is 13.7. The van der Waals surface area contributed by atoms with Gasteiger partial charge in [-0.05, 0) is 54.2 Å². The minimum absolute atomic E-state index is 0.0416. The lowest BCUT2D eigenvalue weighted by Gasteiger charge is -2.27. The van der Waals surface area contributed by atoms with E-state index < -0.39 is 17.7 Å². The summed E-state index contributed by atoms with van der Waals surface area (Å²) in [5.41, 5.74) is 2.81. The van der Waals surface area contributed by atoms with Crippen LogP contribution in [0.1, 0.15) is 35.2 Å². The Morgan fingerprint density at radius 1 is 1.05 bits per heavy atom. The average Bonchev–Trinajstić information content (AvgIpc) is 3.67. The summed E-state index contributed by atoms with van der Waals surface area (Å²) in [4.78, 5) is 27.8. The quantitative estimate of drug-likeness (QED) is 0.446. The molecule has 196 valence electrons. The van der Waals surface area contributed by atoms with Gasteiger partial charge in [-0.1, -0.05) is 23.7 Å².